The van der Waals surface area contributed by atoms with Crippen molar-refractivity contribution in [3.8, 4) is 22.3 Å². The van der Waals surface area contributed by atoms with E-state index in [2.05, 4.69) is 84.9 Å². The summed E-state index contributed by atoms with van der Waals surface area (Å²) in [7, 11) is 0. The third-order valence-corrected chi connectivity index (χ3v) is 3.10. The van der Waals surface area contributed by atoms with E-state index in [-0.39, 0.29) is 13.5 Å². The van der Waals surface area contributed by atoms with Gasteiger partial charge in [0.1, 0.15) is 0 Å². The second kappa shape index (κ2) is 6.26. The average Bonchev–Trinajstić information content (AvgIpc) is 2.49. The van der Waals surface area contributed by atoms with E-state index in [1.54, 1.807) is 0 Å². The van der Waals surface area contributed by atoms with E-state index in [9.17, 15) is 0 Å². The van der Waals surface area contributed by atoms with E-state index in [1.807, 2.05) is 0 Å². The summed E-state index contributed by atoms with van der Waals surface area (Å²) < 4.78 is 0. The maximum atomic E-state index is 2.18. The van der Waals surface area contributed by atoms with Gasteiger partial charge < -0.3 is 0 Å². The molecule has 3 aromatic carbocycles. The second-order valence-electron chi connectivity index (χ2n) is 4.28. The maximum Gasteiger partial charge on any atom is -0.0105 e. The quantitative estimate of drug-likeness (QED) is 0.601. The summed E-state index contributed by atoms with van der Waals surface area (Å²) in [6, 6.07) is 29.6. The van der Waals surface area contributed by atoms with Gasteiger partial charge >= 0.3 is 0 Å². The fraction of sp³-hybridized carbons (Fsp3) is 0. The number of rotatable bonds is 2. The smallest absolute Gasteiger partial charge is 0.0105 e. The van der Waals surface area contributed by atoms with Gasteiger partial charge in [-0.15, -0.1) is 0 Å². The normalized spacial score (nSPS) is 9.68. The fourth-order valence-electron chi connectivity index (χ4n) is 2.22. The Balaban J connectivity index is 0.00000133. The minimum Gasteiger partial charge on any atom is -0.197 e. The molecule has 1 heteroatoms. The van der Waals surface area contributed by atoms with Gasteiger partial charge in [-0.25, -0.2) is 0 Å². The van der Waals surface area contributed by atoms with Crippen LogP contribution >= 0.6 is 13.5 Å². The predicted octanol–water partition coefficient (Wildman–Crippen LogP) is 5.13. The third-order valence-electron chi connectivity index (χ3n) is 3.10. The highest BCUT2D eigenvalue weighted by atomic mass is 32.1. The maximum absolute atomic E-state index is 2.18. The minimum atomic E-state index is 0. The third kappa shape index (κ3) is 2.88. The molecule has 0 radical (unpaired) electrons. The van der Waals surface area contributed by atoms with Gasteiger partial charge in [-0.2, -0.15) is 13.5 Å². The molecule has 0 bridgehead atoms. The van der Waals surface area contributed by atoms with Crippen molar-refractivity contribution in [2.75, 3.05) is 0 Å². The molecule has 3 rings (SSSR count). The molecular formula is C18H16S. The Morgan fingerprint density at radius 1 is 0.368 bits per heavy atom. The molecule has 0 saturated heterocycles. The molecule has 0 aliphatic rings. The van der Waals surface area contributed by atoms with Crippen LogP contribution in [0.15, 0.2) is 84.9 Å². The van der Waals surface area contributed by atoms with E-state index in [1.165, 1.54) is 22.3 Å². The Bertz CT molecular complexity index is 572. The van der Waals surface area contributed by atoms with Crippen molar-refractivity contribution in [2.24, 2.45) is 0 Å². The lowest BCUT2D eigenvalue weighted by Crippen LogP contribution is -1.83. The van der Waals surface area contributed by atoms with Crippen LogP contribution in [0.25, 0.3) is 22.3 Å². The zero-order valence-corrected chi connectivity index (χ0v) is 11.6. The molecule has 0 unspecified atom stereocenters. The van der Waals surface area contributed by atoms with Gasteiger partial charge in [0.05, 0.1) is 0 Å². The van der Waals surface area contributed by atoms with E-state index in [0.29, 0.717) is 0 Å². The zero-order valence-electron chi connectivity index (χ0n) is 10.6. The summed E-state index contributed by atoms with van der Waals surface area (Å²) in [6.07, 6.45) is 0. The summed E-state index contributed by atoms with van der Waals surface area (Å²) in [5.74, 6) is 0. The van der Waals surface area contributed by atoms with Crippen molar-refractivity contribution < 1.29 is 0 Å². The van der Waals surface area contributed by atoms with Crippen LogP contribution in [-0.4, -0.2) is 0 Å². The molecule has 0 fully saturated rings. The van der Waals surface area contributed by atoms with Crippen LogP contribution in [0.2, 0.25) is 0 Å². The average molecular weight is 264 g/mol. The highest BCUT2D eigenvalue weighted by Crippen LogP contribution is 2.31. The lowest BCUT2D eigenvalue weighted by Gasteiger charge is -2.09. The largest absolute Gasteiger partial charge is 0.197 e. The first-order valence-electron chi connectivity index (χ1n) is 6.15. The number of benzene rings is 3. The van der Waals surface area contributed by atoms with Crippen molar-refractivity contribution in [2.45, 2.75) is 0 Å². The molecular weight excluding hydrogens is 248 g/mol. The van der Waals surface area contributed by atoms with Gasteiger partial charge in [-0.3, -0.25) is 0 Å². The molecule has 0 aliphatic heterocycles. The van der Waals surface area contributed by atoms with Crippen LogP contribution in [0.4, 0.5) is 0 Å². The van der Waals surface area contributed by atoms with E-state index in [0.717, 1.165) is 0 Å². The monoisotopic (exact) mass is 264 g/mol. The van der Waals surface area contributed by atoms with E-state index in [4.69, 9.17) is 0 Å². The first-order chi connectivity index (χ1) is 8.95. The van der Waals surface area contributed by atoms with Crippen LogP contribution in [0, 0.1) is 0 Å². The fourth-order valence-corrected chi connectivity index (χ4v) is 2.22. The van der Waals surface area contributed by atoms with E-state index >= 15 is 0 Å². The molecule has 0 spiro atoms. The van der Waals surface area contributed by atoms with Crippen molar-refractivity contribution >= 4 is 13.5 Å². The molecule has 0 atom stereocenters. The van der Waals surface area contributed by atoms with E-state index < -0.39 is 0 Å². The summed E-state index contributed by atoms with van der Waals surface area (Å²) >= 11 is 0. The standard InChI is InChI=1S/C18H14.H2S/c1-3-9-15(10-4-1)17-13-7-8-14-18(17)16-11-5-2-6-12-16;/h1-14H;1H2. The molecule has 0 nitrogen and oxygen atoms in total. The van der Waals surface area contributed by atoms with Crippen LogP contribution in [-0.2, 0) is 0 Å². The van der Waals surface area contributed by atoms with Crippen LogP contribution in [0.5, 0.6) is 0 Å². The van der Waals surface area contributed by atoms with Crippen molar-refractivity contribution in [3.63, 3.8) is 0 Å². The van der Waals surface area contributed by atoms with Gasteiger partial charge in [-0.05, 0) is 22.3 Å². The van der Waals surface area contributed by atoms with Crippen molar-refractivity contribution in [3.05, 3.63) is 84.9 Å². The molecule has 0 N–H and O–H groups in total. The Kier molecular flexibility index (Phi) is 4.43. The molecule has 0 aromatic heterocycles. The first-order valence-corrected chi connectivity index (χ1v) is 6.15. The predicted molar refractivity (Wildman–Crippen MR) is 87.7 cm³/mol. The molecule has 94 valence electrons. The first kappa shape index (κ1) is 13.4. The summed E-state index contributed by atoms with van der Waals surface area (Å²) in [6.45, 7) is 0. The van der Waals surface area contributed by atoms with Gasteiger partial charge in [0.25, 0.3) is 0 Å². The van der Waals surface area contributed by atoms with Crippen molar-refractivity contribution in [1.29, 1.82) is 0 Å². The number of hydrogen-bond donors (Lipinski definition) is 0. The molecule has 0 saturated carbocycles. The molecule has 19 heavy (non-hydrogen) atoms. The lowest BCUT2D eigenvalue weighted by atomic mass is 9.95. The minimum absolute atomic E-state index is 0. The lowest BCUT2D eigenvalue weighted by molar-refractivity contribution is 1.58. The topological polar surface area (TPSA) is 0 Å². The molecule has 0 heterocycles. The SMILES string of the molecule is S.c1ccc(-c2ccccc2-c2ccccc2)cc1. The second-order valence-corrected chi connectivity index (χ2v) is 4.28. The Labute approximate surface area is 121 Å². The summed E-state index contributed by atoms with van der Waals surface area (Å²) in [5.41, 5.74) is 5.09. The number of hydrogen-bond acceptors (Lipinski definition) is 0. The molecule has 0 aliphatic carbocycles. The Morgan fingerprint density at radius 3 is 1.05 bits per heavy atom. The van der Waals surface area contributed by atoms with Gasteiger partial charge in [-0.1, -0.05) is 84.9 Å². The van der Waals surface area contributed by atoms with Gasteiger partial charge in [0.15, 0.2) is 0 Å². The van der Waals surface area contributed by atoms with Gasteiger partial charge in [0.2, 0.25) is 0 Å². The summed E-state index contributed by atoms with van der Waals surface area (Å²) in [5, 5.41) is 0. The van der Waals surface area contributed by atoms with Crippen LogP contribution < -0.4 is 0 Å². The highest BCUT2D eigenvalue weighted by Gasteiger charge is 2.05. The van der Waals surface area contributed by atoms with Crippen molar-refractivity contribution in [1.82, 2.24) is 0 Å². The molecule has 3 aromatic rings. The van der Waals surface area contributed by atoms with Gasteiger partial charge in [0, 0.05) is 0 Å². The Hall–Kier alpha value is -1.99. The zero-order chi connectivity index (χ0) is 12.2. The van der Waals surface area contributed by atoms with Crippen LogP contribution in [0.1, 0.15) is 0 Å². The summed E-state index contributed by atoms with van der Waals surface area (Å²) in [4.78, 5) is 0. The Morgan fingerprint density at radius 2 is 0.684 bits per heavy atom. The molecule has 0 amide bonds. The highest BCUT2D eigenvalue weighted by molar-refractivity contribution is 7.59. The van der Waals surface area contributed by atoms with Crippen LogP contribution in [0.3, 0.4) is 0 Å².